The highest BCUT2D eigenvalue weighted by Crippen LogP contribution is 2.16. The number of aryl methyl sites for hydroxylation is 1. The SMILES string of the molecule is CCCS(=O)(=O)NCCc1nc2ccccc2n1CC. The van der Waals surface area contributed by atoms with Crippen molar-refractivity contribution in [3.63, 3.8) is 0 Å². The molecule has 0 fully saturated rings. The highest BCUT2D eigenvalue weighted by molar-refractivity contribution is 7.89. The Morgan fingerprint density at radius 1 is 1.25 bits per heavy atom. The zero-order valence-corrected chi connectivity index (χ0v) is 12.8. The van der Waals surface area contributed by atoms with Crippen molar-refractivity contribution in [2.24, 2.45) is 0 Å². The van der Waals surface area contributed by atoms with Crippen LogP contribution in [0.2, 0.25) is 0 Å². The normalized spacial score (nSPS) is 12.1. The van der Waals surface area contributed by atoms with E-state index in [4.69, 9.17) is 0 Å². The summed E-state index contributed by atoms with van der Waals surface area (Å²) in [6, 6.07) is 7.97. The molecule has 0 bridgehead atoms. The van der Waals surface area contributed by atoms with Gasteiger partial charge in [-0.25, -0.2) is 18.1 Å². The van der Waals surface area contributed by atoms with E-state index in [1.807, 2.05) is 31.2 Å². The number of rotatable bonds is 7. The molecule has 1 N–H and O–H groups in total. The zero-order chi connectivity index (χ0) is 14.6. The Kier molecular flexibility index (Phi) is 4.77. The second kappa shape index (κ2) is 6.37. The molecule has 1 heterocycles. The van der Waals surface area contributed by atoms with Gasteiger partial charge in [0.15, 0.2) is 0 Å². The second-order valence-electron chi connectivity index (χ2n) is 4.72. The summed E-state index contributed by atoms with van der Waals surface area (Å²) in [4.78, 5) is 4.58. The molecule has 2 rings (SSSR count). The molecule has 1 aromatic carbocycles. The zero-order valence-electron chi connectivity index (χ0n) is 12.0. The first-order chi connectivity index (χ1) is 9.57. The number of nitrogens with one attached hydrogen (secondary N) is 1. The van der Waals surface area contributed by atoms with E-state index >= 15 is 0 Å². The predicted molar refractivity (Wildman–Crippen MR) is 81.2 cm³/mol. The molecule has 5 nitrogen and oxygen atoms in total. The maximum absolute atomic E-state index is 11.6. The predicted octanol–water partition coefficient (Wildman–Crippen LogP) is 1.93. The summed E-state index contributed by atoms with van der Waals surface area (Å²) in [5.41, 5.74) is 2.06. The Balaban J connectivity index is 2.10. The van der Waals surface area contributed by atoms with Crippen LogP contribution in [0.5, 0.6) is 0 Å². The van der Waals surface area contributed by atoms with Crippen molar-refractivity contribution in [1.29, 1.82) is 0 Å². The van der Waals surface area contributed by atoms with Crippen LogP contribution in [0.1, 0.15) is 26.1 Å². The van der Waals surface area contributed by atoms with Gasteiger partial charge in [0.05, 0.1) is 16.8 Å². The average molecular weight is 295 g/mol. The Bertz CT molecular complexity index is 677. The van der Waals surface area contributed by atoms with Gasteiger partial charge < -0.3 is 4.57 Å². The number of hydrogen-bond donors (Lipinski definition) is 1. The van der Waals surface area contributed by atoms with Crippen molar-refractivity contribution in [2.75, 3.05) is 12.3 Å². The number of benzene rings is 1. The quantitative estimate of drug-likeness (QED) is 0.849. The minimum Gasteiger partial charge on any atom is -0.328 e. The summed E-state index contributed by atoms with van der Waals surface area (Å²) in [5.74, 6) is 1.10. The van der Waals surface area contributed by atoms with Crippen LogP contribution in [0, 0.1) is 0 Å². The van der Waals surface area contributed by atoms with Crippen LogP contribution < -0.4 is 4.72 Å². The van der Waals surface area contributed by atoms with E-state index in [0.717, 1.165) is 23.4 Å². The Hall–Kier alpha value is -1.40. The van der Waals surface area contributed by atoms with Crippen LogP contribution in [-0.4, -0.2) is 30.3 Å². The molecule has 0 aliphatic heterocycles. The van der Waals surface area contributed by atoms with Crippen LogP contribution in [0.25, 0.3) is 11.0 Å². The first-order valence-corrected chi connectivity index (χ1v) is 8.64. The lowest BCUT2D eigenvalue weighted by atomic mass is 10.3. The van der Waals surface area contributed by atoms with E-state index in [0.29, 0.717) is 19.4 Å². The molecule has 0 atom stereocenters. The fraction of sp³-hybridized carbons (Fsp3) is 0.500. The van der Waals surface area contributed by atoms with Gasteiger partial charge in [-0.1, -0.05) is 19.1 Å². The lowest BCUT2D eigenvalue weighted by molar-refractivity contribution is 0.578. The molecule has 0 spiro atoms. The number of hydrogen-bond acceptors (Lipinski definition) is 3. The highest BCUT2D eigenvalue weighted by atomic mass is 32.2. The number of aromatic nitrogens is 2. The summed E-state index contributed by atoms with van der Waals surface area (Å²) in [7, 11) is -3.14. The summed E-state index contributed by atoms with van der Waals surface area (Å²) < 4.78 is 28.0. The first kappa shape index (κ1) is 15.0. The van der Waals surface area contributed by atoms with Gasteiger partial charge in [-0.2, -0.15) is 0 Å². The Labute approximate surface area is 120 Å². The molecule has 2 aromatic rings. The highest BCUT2D eigenvalue weighted by Gasteiger charge is 2.11. The van der Waals surface area contributed by atoms with Crippen LogP contribution >= 0.6 is 0 Å². The second-order valence-corrected chi connectivity index (χ2v) is 6.65. The maximum Gasteiger partial charge on any atom is 0.211 e. The molecule has 0 aliphatic carbocycles. The smallest absolute Gasteiger partial charge is 0.211 e. The fourth-order valence-electron chi connectivity index (χ4n) is 2.33. The molecule has 0 saturated heterocycles. The third-order valence-corrected chi connectivity index (χ3v) is 4.78. The number of imidazole rings is 1. The molecule has 0 amide bonds. The van der Waals surface area contributed by atoms with E-state index in [-0.39, 0.29) is 5.75 Å². The monoisotopic (exact) mass is 295 g/mol. The van der Waals surface area contributed by atoms with Crippen molar-refractivity contribution in [2.45, 2.75) is 33.2 Å². The van der Waals surface area contributed by atoms with Gasteiger partial charge >= 0.3 is 0 Å². The number of para-hydroxylation sites is 2. The molecule has 0 aliphatic rings. The van der Waals surface area contributed by atoms with Gasteiger partial charge in [0, 0.05) is 19.5 Å². The molecule has 6 heteroatoms. The van der Waals surface area contributed by atoms with Gasteiger partial charge in [-0.05, 0) is 25.5 Å². The molecular weight excluding hydrogens is 274 g/mol. The average Bonchev–Trinajstić information content (AvgIpc) is 2.75. The summed E-state index contributed by atoms with van der Waals surface area (Å²) in [6.07, 6.45) is 1.23. The largest absolute Gasteiger partial charge is 0.328 e. The lowest BCUT2D eigenvalue weighted by Crippen LogP contribution is -2.28. The number of fused-ring (bicyclic) bond motifs is 1. The summed E-state index contributed by atoms with van der Waals surface area (Å²) >= 11 is 0. The van der Waals surface area contributed by atoms with E-state index < -0.39 is 10.0 Å². The topological polar surface area (TPSA) is 64.0 Å². The van der Waals surface area contributed by atoms with Crippen molar-refractivity contribution in [3.8, 4) is 0 Å². The molecule has 1 aromatic heterocycles. The van der Waals surface area contributed by atoms with Crippen molar-refractivity contribution in [3.05, 3.63) is 30.1 Å². The summed E-state index contributed by atoms with van der Waals surface area (Å²) in [6.45, 7) is 5.15. The van der Waals surface area contributed by atoms with Crippen molar-refractivity contribution >= 4 is 21.1 Å². The molecule has 0 radical (unpaired) electrons. The molecule has 0 unspecified atom stereocenters. The van der Waals surface area contributed by atoms with Crippen molar-refractivity contribution in [1.82, 2.24) is 14.3 Å². The van der Waals surface area contributed by atoms with Gasteiger partial charge in [-0.15, -0.1) is 0 Å². The minimum atomic E-state index is -3.14. The van der Waals surface area contributed by atoms with Crippen LogP contribution in [0.3, 0.4) is 0 Å². The summed E-state index contributed by atoms with van der Waals surface area (Å²) in [5, 5.41) is 0. The van der Waals surface area contributed by atoms with E-state index in [1.165, 1.54) is 0 Å². The van der Waals surface area contributed by atoms with Gasteiger partial charge in [-0.3, -0.25) is 0 Å². The van der Waals surface area contributed by atoms with Crippen LogP contribution in [0.4, 0.5) is 0 Å². The van der Waals surface area contributed by atoms with Gasteiger partial charge in [0.1, 0.15) is 5.82 Å². The third kappa shape index (κ3) is 3.37. The van der Waals surface area contributed by atoms with Gasteiger partial charge in [0.2, 0.25) is 10.0 Å². The molecule has 0 saturated carbocycles. The van der Waals surface area contributed by atoms with Crippen LogP contribution in [-0.2, 0) is 23.0 Å². The van der Waals surface area contributed by atoms with Crippen molar-refractivity contribution < 1.29 is 8.42 Å². The first-order valence-electron chi connectivity index (χ1n) is 6.99. The number of nitrogens with zero attached hydrogens (tertiary/aromatic N) is 2. The molecule has 110 valence electrons. The maximum atomic E-state index is 11.6. The molecule has 20 heavy (non-hydrogen) atoms. The van der Waals surface area contributed by atoms with E-state index in [9.17, 15) is 8.42 Å². The fourth-order valence-corrected chi connectivity index (χ4v) is 3.42. The van der Waals surface area contributed by atoms with E-state index in [2.05, 4.69) is 21.2 Å². The third-order valence-electron chi connectivity index (χ3n) is 3.19. The molecular formula is C14H21N3O2S. The minimum absolute atomic E-state index is 0.178. The standard InChI is InChI=1S/C14H21N3O2S/c1-3-11-20(18,19)15-10-9-14-16-12-7-5-6-8-13(12)17(14)4-2/h5-8,15H,3-4,9-11H2,1-2H3. The van der Waals surface area contributed by atoms with E-state index in [1.54, 1.807) is 0 Å². The number of sulfonamides is 1. The lowest BCUT2D eigenvalue weighted by Gasteiger charge is -2.07. The Morgan fingerprint density at radius 3 is 2.70 bits per heavy atom. The van der Waals surface area contributed by atoms with Crippen LogP contribution in [0.15, 0.2) is 24.3 Å². The van der Waals surface area contributed by atoms with Gasteiger partial charge in [0.25, 0.3) is 0 Å². The Morgan fingerprint density at radius 2 is 2.00 bits per heavy atom.